The topological polar surface area (TPSA) is 41.1 Å². The maximum Gasteiger partial charge on any atom is 0.224 e. The molecule has 1 aromatic carbocycles. The van der Waals surface area contributed by atoms with E-state index in [0.29, 0.717) is 6.42 Å². The van der Waals surface area contributed by atoms with Gasteiger partial charge in [0.2, 0.25) is 5.91 Å². The molecule has 0 fully saturated rings. The summed E-state index contributed by atoms with van der Waals surface area (Å²) in [6, 6.07) is 8.03. The molecule has 0 radical (unpaired) electrons. The lowest BCUT2D eigenvalue weighted by atomic mass is 10.1. The van der Waals surface area contributed by atoms with Gasteiger partial charge in [-0.2, -0.15) is 0 Å². The van der Waals surface area contributed by atoms with Crippen molar-refractivity contribution in [3.8, 4) is 0 Å². The highest BCUT2D eigenvalue weighted by Crippen LogP contribution is 2.17. The molecule has 0 bridgehead atoms. The molecule has 0 unspecified atom stereocenters. The number of benzene rings is 1. The molecule has 0 saturated carbocycles. The second-order valence-corrected chi connectivity index (χ2v) is 4.16. The number of rotatable bonds is 7. The Morgan fingerprint density at radius 3 is 2.76 bits per heavy atom. The van der Waals surface area contributed by atoms with Gasteiger partial charge in [0, 0.05) is 12.1 Å². The zero-order chi connectivity index (χ0) is 12.5. The Labute approximate surface area is 104 Å². The first kappa shape index (κ1) is 13.7. The highest BCUT2D eigenvalue weighted by atomic mass is 16.1. The Balaban J connectivity index is 2.52. The molecule has 94 valence electrons. The average molecular weight is 234 g/mol. The summed E-state index contributed by atoms with van der Waals surface area (Å²) in [5, 5.41) is 6.03. The van der Waals surface area contributed by atoms with E-state index >= 15 is 0 Å². The molecule has 0 atom stereocenters. The second-order valence-electron chi connectivity index (χ2n) is 4.16. The van der Waals surface area contributed by atoms with Crippen molar-refractivity contribution < 1.29 is 4.79 Å². The minimum atomic E-state index is 0.101. The van der Waals surface area contributed by atoms with Crippen LogP contribution < -0.4 is 10.6 Å². The lowest BCUT2D eigenvalue weighted by Crippen LogP contribution is -2.16. The molecule has 2 N–H and O–H groups in total. The van der Waals surface area contributed by atoms with E-state index in [-0.39, 0.29) is 5.91 Å². The first-order valence-corrected chi connectivity index (χ1v) is 6.30. The lowest BCUT2D eigenvalue weighted by molar-refractivity contribution is -0.116. The van der Waals surface area contributed by atoms with Gasteiger partial charge in [-0.05, 0) is 38.1 Å². The molecular weight excluding hydrogens is 212 g/mol. The van der Waals surface area contributed by atoms with Gasteiger partial charge in [-0.15, -0.1) is 0 Å². The molecule has 3 nitrogen and oxygen atoms in total. The summed E-state index contributed by atoms with van der Waals surface area (Å²) in [6.45, 7) is 3.02. The normalized spacial score (nSPS) is 10.2. The predicted octanol–water partition coefficient (Wildman–Crippen LogP) is 2.58. The largest absolute Gasteiger partial charge is 0.326 e. The van der Waals surface area contributed by atoms with Gasteiger partial charge in [0.1, 0.15) is 0 Å². The van der Waals surface area contributed by atoms with Crippen molar-refractivity contribution in [1.82, 2.24) is 5.32 Å². The third kappa shape index (κ3) is 5.00. The monoisotopic (exact) mass is 234 g/mol. The SMILES string of the molecule is CCCc1ccccc1NC(=O)CCCNC. The molecule has 3 heteroatoms. The maximum absolute atomic E-state index is 11.7. The summed E-state index contributed by atoms with van der Waals surface area (Å²) in [5.41, 5.74) is 2.18. The Hall–Kier alpha value is -1.35. The second kappa shape index (κ2) is 7.85. The van der Waals surface area contributed by atoms with E-state index < -0.39 is 0 Å². The van der Waals surface area contributed by atoms with Crippen molar-refractivity contribution in [2.45, 2.75) is 32.6 Å². The molecule has 1 rings (SSSR count). The third-order valence-electron chi connectivity index (χ3n) is 2.64. The molecular formula is C14H22N2O. The zero-order valence-electron chi connectivity index (χ0n) is 10.8. The fourth-order valence-electron chi connectivity index (χ4n) is 1.77. The van der Waals surface area contributed by atoms with Crippen LogP contribution in [0.1, 0.15) is 31.7 Å². The summed E-state index contributed by atoms with van der Waals surface area (Å²) in [4.78, 5) is 11.7. The third-order valence-corrected chi connectivity index (χ3v) is 2.64. The number of aryl methyl sites for hydroxylation is 1. The van der Waals surface area contributed by atoms with Crippen molar-refractivity contribution in [1.29, 1.82) is 0 Å². The smallest absolute Gasteiger partial charge is 0.224 e. The first-order valence-electron chi connectivity index (χ1n) is 6.30. The van der Waals surface area contributed by atoms with Crippen LogP contribution in [0, 0.1) is 0 Å². The van der Waals surface area contributed by atoms with Crippen LogP contribution >= 0.6 is 0 Å². The van der Waals surface area contributed by atoms with Gasteiger partial charge in [-0.3, -0.25) is 4.79 Å². The number of amides is 1. The Morgan fingerprint density at radius 2 is 2.06 bits per heavy atom. The van der Waals surface area contributed by atoms with Crippen LogP contribution in [0.25, 0.3) is 0 Å². The summed E-state index contributed by atoms with van der Waals surface area (Å²) < 4.78 is 0. The Bertz CT molecular complexity index is 350. The summed E-state index contributed by atoms with van der Waals surface area (Å²) in [5.74, 6) is 0.101. The van der Waals surface area contributed by atoms with Crippen LogP contribution in [0.4, 0.5) is 5.69 Å². The van der Waals surface area contributed by atoms with Gasteiger partial charge in [-0.25, -0.2) is 0 Å². The standard InChI is InChI=1S/C14H22N2O/c1-3-7-12-8-4-5-9-13(12)16-14(17)10-6-11-15-2/h4-5,8-9,15H,3,6-7,10-11H2,1-2H3,(H,16,17). The van der Waals surface area contributed by atoms with Gasteiger partial charge in [0.05, 0.1) is 0 Å². The number of hydrogen-bond acceptors (Lipinski definition) is 2. The maximum atomic E-state index is 11.7. The molecule has 0 aromatic heterocycles. The number of para-hydroxylation sites is 1. The molecule has 0 heterocycles. The van der Waals surface area contributed by atoms with Crippen LogP contribution in [-0.4, -0.2) is 19.5 Å². The Kier molecular flexibility index (Phi) is 6.33. The number of carbonyl (C=O) groups excluding carboxylic acids is 1. The van der Waals surface area contributed by atoms with Gasteiger partial charge in [0.25, 0.3) is 0 Å². The number of anilines is 1. The first-order chi connectivity index (χ1) is 8.27. The predicted molar refractivity (Wildman–Crippen MR) is 72.2 cm³/mol. The fraction of sp³-hybridized carbons (Fsp3) is 0.500. The molecule has 1 amide bonds. The van der Waals surface area contributed by atoms with Crippen LogP contribution in [-0.2, 0) is 11.2 Å². The van der Waals surface area contributed by atoms with Crippen molar-refractivity contribution >= 4 is 11.6 Å². The minimum Gasteiger partial charge on any atom is -0.326 e. The molecule has 0 saturated heterocycles. The molecule has 0 aliphatic carbocycles. The quantitative estimate of drug-likeness (QED) is 0.712. The minimum absolute atomic E-state index is 0.101. The summed E-state index contributed by atoms with van der Waals surface area (Å²) in [6.07, 6.45) is 3.54. The van der Waals surface area contributed by atoms with Gasteiger partial charge in [0.15, 0.2) is 0 Å². The van der Waals surface area contributed by atoms with E-state index in [1.54, 1.807) is 0 Å². The summed E-state index contributed by atoms with van der Waals surface area (Å²) >= 11 is 0. The number of hydrogen-bond donors (Lipinski definition) is 2. The molecule has 0 aliphatic heterocycles. The molecule has 17 heavy (non-hydrogen) atoms. The molecule has 0 spiro atoms. The van der Waals surface area contributed by atoms with Crippen LogP contribution in [0.5, 0.6) is 0 Å². The zero-order valence-corrected chi connectivity index (χ0v) is 10.8. The van der Waals surface area contributed by atoms with Gasteiger partial charge in [-0.1, -0.05) is 31.5 Å². The van der Waals surface area contributed by atoms with Crippen molar-refractivity contribution in [2.24, 2.45) is 0 Å². The Morgan fingerprint density at radius 1 is 1.29 bits per heavy atom. The van der Waals surface area contributed by atoms with E-state index in [2.05, 4.69) is 23.6 Å². The van der Waals surface area contributed by atoms with E-state index in [1.165, 1.54) is 5.56 Å². The molecule has 1 aromatic rings. The van der Waals surface area contributed by atoms with Crippen molar-refractivity contribution in [2.75, 3.05) is 18.9 Å². The van der Waals surface area contributed by atoms with Gasteiger partial charge >= 0.3 is 0 Å². The van der Waals surface area contributed by atoms with E-state index in [9.17, 15) is 4.79 Å². The summed E-state index contributed by atoms with van der Waals surface area (Å²) in [7, 11) is 1.90. The highest BCUT2D eigenvalue weighted by molar-refractivity contribution is 5.91. The van der Waals surface area contributed by atoms with Crippen LogP contribution in [0.2, 0.25) is 0 Å². The number of nitrogens with one attached hydrogen (secondary N) is 2. The van der Waals surface area contributed by atoms with E-state index in [1.807, 2.05) is 25.2 Å². The molecule has 0 aliphatic rings. The average Bonchev–Trinajstić information content (AvgIpc) is 2.32. The van der Waals surface area contributed by atoms with Crippen LogP contribution in [0.15, 0.2) is 24.3 Å². The fourth-order valence-corrected chi connectivity index (χ4v) is 1.77. The van der Waals surface area contributed by atoms with Crippen molar-refractivity contribution in [3.63, 3.8) is 0 Å². The van der Waals surface area contributed by atoms with Crippen molar-refractivity contribution in [3.05, 3.63) is 29.8 Å². The van der Waals surface area contributed by atoms with E-state index in [4.69, 9.17) is 0 Å². The van der Waals surface area contributed by atoms with Crippen LogP contribution in [0.3, 0.4) is 0 Å². The van der Waals surface area contributed by atoms with E-state index in [0.717, 1.165) is 31.5 Å². The number of carbonyl (C=O) groups is 1. The highest BCUT2D eigenvalue weighted by Gasteiger charge is 2.05. The lowest BCUT2D eigenvalue weighted by Gasteiger charge is -2.10. The van der Waals surface area contributed by atoms with Gasteiger partial charge < -0.3 is 10.6 Å².